The highest BCUT2D eigenvalue weighted by molar-refractivity contribution is 5.89. The normalized spacial score (nSPS) is 14.2. The number of aromatic nitrogens is 5. The third-order valence-electron chi connectivity index (χ3n) is 4.25. The van der Waals surface area contributed by atoms with Gasteiger partial charge in [-0.3, -0.25) is 4.79 Å². The lowest BCUT2D eigenvalue weighted by molar-refractivity contribution is -0.116. The van der Waals surface area contributed by atoms with Crippen molar-refractivity contribution in [3.8, 4) is 0 Å². The first-order valence-corrected chi connectivity index (χ1v) is 8.47. The molecule has 128 valence electrons. The number of hydrogen-bond acceptors (Lipinski definition) is 6. The number of fused-ring (bicyclic) bond motifs is 1. The van der Waals surface area contributed by atoms with Crippen molar-refractivity contribution >= 4 is 23.2 Å². The van der Waals surface area contributed by atoms with Crippen LogP contribution >= 0.6 is 0 Å². The number of amides is 1. The maximum atomic E-state index is 12.1. The van der Waals surface area contributed by atoms with E-state index < -0.39 is 0 Å². The second-order valence-corrected chi connectivity index (χ2v) is 6.04. The molecule has 0 aromatic carbocycles. The van der Waals surface area contributed by atoms with Crippen molar-refractivity contribution < 1.29 is 4.79 Å². The molecule has 8 heteroatoms. The molecular formula is C17H19N7O. The summed E-state index contributed by atoms with van der Waals surface area (Å²) in [5.74, 6) is 2.07. The van der Waals surface area contributed by atoms with Crippen LogP contribution in [0.5, 0.6) is 0 Å². The first-order valence-electron chi connectivity index (χ1n) is 8.47. The van der Waals surface area contributed by atoms with E-state index in [9.17, 15) is 4.79 Å². The van der Waals surface area contributed by atoms with Gasteiger partial charge in [0.25, 0.3) is 0 Å². The Morgan fingerprint density at radius 2 is 2.00 bits per heavy atom. The molecule has 1 aliphatic rings. The molecule has 0 aliphatic carbocycles. The van der Waals surface area contributed by atoms with E-state index >= 15 is 0 Å². The van der Waals surface area contributed by atoms with E-state index in [4.69, 9.17) is 0 Å². The van der Waals surface area contributed by atoms with Crippen LogP contribution in [-0.4, -0.2) is 43.8 Å². The average Bonchev–Trinajstić information content (AvgIpc) is 3.30. The highest BCUT2D eigenvalue weighted by Crippen LogP contribution is 2.18. The van der Waals surface area contributed by atoms with Gasteiger partial charge in [0.15, 0.2) is 11.5 Å². The van der Waals surface area contributed by atoms with Gasteiger partial charge in [0.2, 0.25) is 5.91 Å². The van der Waals surface area contributed by atoms with Crippen molar-refractivity contribution in [2.45, 2.75) is 25.7 Å². The van der Waals surface area contributed by atoms with Gasteiger partial charge in [-0.1, -0.05) is 6.07 Å². The molecule has 0 radical (unpaired) electrons. The predicted molar refractivity (Wildman–Crippen MR) is 93.4 cm³/mol. The van der Waals surface area contributed by atoms with E-state index in [-0.39, 0.29) is 5.91 Å². The fourth-order valence-corrected chi connectivity index (χ4v) is 2.96. The molecule has 0 atom stereocenters. The molecule has 1 N–H and O–H groups in total. The Bertz CT molecular complexity index is 871. The zero-order chi connectivity index (χ0) is 17.1. The van der Waals surface area contributed by atoms with E-state index in [2.05, 4.69) is 30.5 Å². The monoisotopic (exact) mass is 337 g/mol. The minimum Gasteiger partial charge on any atom is -0.355 e. The van der Waals surface area contributed by atoms with Gasteiger partial charge in [0.1, 0.15) is 11.6 Å². The third-order valence-corrected chi connectivity index (χ3v) is 4.25. The van der Waals surface area contributed by atoms with Crippen LogP contribution in [0.25, 0.3) is 5.65 Å². The van der Waals surface area contributed by atoms with Crippen LogP contribution in [-0.2, 0) is 11.2 Å². The van der Waals surface area contributed by atoms with Gasteiger partial charge in [-0.2, -0.15) is 4.52 Å². The highest BCUT2D eigenvalue weighted by Gasteiger charge is 2.16. The molecule has 1 saturated heterocycles. The SMILES string of the molecule is O=C(CCc1nnc2ccc(N3CCCC3)nn12)Nc1ccccn1. The molecule has 0 bridgehead atoms. The number of aryl methyl sites for hydroxylation is 1. The summed E-state index contributed by atoms with van der Waals surface area (Å²) in [5, 5.41) is 15.7. The van der Waals surface area contributed by atoms with Gasteiger partial charge in [0.05, 0.1) is 0 Å². The Hall–Kier alpha value is -3.03. The number of pyridine rings is 1. The minimum absolute atomic E-state index is 0.105. The molecule has 0 saturated carbocycles. The molecule has 8 nitrogen and oxygen atoms in total. The van der Waals surface area contributed by atoms with E-state index in [1.807, 2.05) is 24.3 Å². The van der Waals surface area contributed by atoms with Gasteiger partial charge >= 0.3 is 0 Å². The summed E-state index contributed by atoms with van der Waals surface area (Å²) in [6.07, 6.45) is 4.81. The Balaban J connectivity index is 1.45. The lowest BCUT2D eigenvalue weighted by Crippen LogP contribution is -2.20. The van der Waals surface area contributed by atoms with Crippen LogP contribution in [0.15, 0.2) is 36.5 Å². The van der Waals surface area contributed by atoms with Gasteiger partial charge in [-0.15, -0.1) is 15.3 Å². The summed E-state index contributed by atoms with van der Waals surface area (Å²) in [6, 6.07) is 9.30. The third kappa shape index (κ3) is 3.42. The number of carbonyl (C=O) groups excluding carboxylic acids is 1. The Morgan fingerprint density at radius 1 is 1.12 bits per heavy atom. The predicted octanol–water partition coefficient (Wildman–Crippen LogP) is 1.69. The summed E-state index contributed by atoms with van der Waals surface area (Å²) in [7, 11) is 0. The highest BCUT2D eigenvalue weighted by atomic mass is 16.1. The summed E-state index contributed by atoms with van der Waals surface area (Å²) in [6.45, 7) is 2.06. The number of carbonyl (C=O) groups is 1. The second kappa shape index (κ2) is 6.84. The van der Waals surface area contributed by atoms with Crippen molar-refractivity contribution in [3.05, 3.63) is 42.4 Å². The first kappa shape index (κ1) is 15.5. The van der Waals surface area contributed by atoms with Crippen LogP contribution < -0.4 is 10.2 Å². The Morgan fingerprint density at radius 3 is 2.80 bits per heavy atom. The fourth-order valence-electron chi connectivity index (χ4n) is 2.96. The molecule has 1 aliphatic heterocycles. The number of nitrogens with zero attached hydrogens (tertiary/aromatic N) is 6. The molecule has 0 unspecified atom stereocenters. The van der Waals surface area contributed by atoms with Crippen LogP contribution in [0, 0.1) is 0 Å². The van der Waals surface area contributed by atoms with Crippen molar-refractivity contribution in [1.29, 1.82) is 0 Å². The molecule has 1 fully saturated rings. The maximum absolute atomic E-state index is 12.1. The number of anilines is 2. The largest absolute Gasteiger partial charge is 0.355 e. The molecule has 3 aromatic heterocycles. The topological polar surface area (TPSA) is 88.3 Å². The van der Waals surface area contributed by atoms with Crippen molar-refractivity contribution in [2.24, 2.45) is 0 Å². The Labute approximate surface area is 144 Å². The fraction of sp³-hybridized carbons (Fsp3) is 0.353. The molecular weight excluding hydrogens is 318 g/mol. The van der Waals surface area contributed by atoms with Crippen LogP contribution in [0.1, 0.15) is 25.1 Å². The van der Waals surface area contributed by atoms with E-state index in [0.29, 0.717) is 30.1 Å². The maximum Gasteiger partial charge on any atom is 0.225 e. The van der Waals surface area contributed by atoms with Gasteiger partial charge < -0.3 is 10.2 Å². The van der Waals surface area contributed by atoms with Crippen LogP contribution in [0.2, 0.25) is 0 Å². The van der Waals surface area contributed by atoms with Crippen molar-refractivity contribution in [3.63, 3.8) is 0 Å². The van der Waals surface area contributed by atoms with Gasteiger partial charge in [-0.05, 0) is 37.1 Å². The minimum atomic E-state index is -0.105. The quantitative estimate of drug-likeness (QED) is 0.762. The molecule has 0 spiro atoms. The number of hydrogen-bond donors (Lipinski definition) is 1. The van der Waals surface area contributed by atoms with Crippen molar-refractivity contribution in [1.82, 2.24) is 24.8 Å². The molecule has 25 heavy (non-hydrogen) atoms. The zero-order valence-corrected chi connectivity index (χ0v) is 13.8. The molecule has 3 aromatic rings. The lowest BCUT2D eigenvalue weighted by atomic mass is 10.3. The summed E-state index contributed by atoms with van der Waals surface area (Å²) >= 11 is 0. The summed E-state index contributed by atoms with van der Waals surface area (Å²) in [5.41, 5.74) is 0.697. The van der Waals surface area contributed by atoms with Gasteiger partial charge in [0, 0.05) is 32.1 Å². The Kier molecular flexibility index (Phi) is 4.24. The lowest BCUT2D eigenvalue weighted by Gasteiger charge is -2.15. The summed E-state index contributed by atoms with van der Waals surface area (Å²) < 4.78 is 1.74. The number of rotatable bonds is 5. The van der Waals surface area contributed by atoms with Crippen LogP contribution in [0.4, 0.5) is 11.6 Å². The van der Waals surface area contributed by atoms with E-state index in [1.54, 1.807) is 16.8 Å². The first-order chi connectivity index (χ1) is 12.3. The van der Waals surface area contributed by atoms with E-state index in [1.165, 1.54) is 12.8 Å². The standard InChI is InChI=1S/C17H19N7O/c25-17(19-13-5-1-2-10-18-13)9-8-15-21-20-14-6-7-16(22-24(14)15)23-11-3-4-12-23/h1-2,5-7,10H,3-4,8-9,11-12H2,(H,18,19,25). The smallest absolute Gasteiger partial charge is 0.225 e. The molecule has 4 heterocycles. The molecule has 1 amide bonds. The average molecular weight is 337 g/mol. The molecule has 4 rings (SSSR count). The number of nitrogens with one attached hydrogen (secondary N) is 1. The summed E-state index contributed by atoms with van der Waals surface area (Å²) in [4.78, 5) is 18.4. The van der Waals surface area contributed by atoms with Crippen LogP contribution in [0.3, 0.4) is 0 Å². The van der Waals surface area contributed by atoms with Crippen molar-refractivity contribution in [2.75, 3.05) is 23.3 Å². The van der Waals surface area contributed by atoms with Gasteiger partial charge in [-0.25, -0.2) is 4.98 Å². The second-order valence-electron chi connectivity index (χ2n) is 6.04. The zero-order valence-electron chi connectivity index (χ0n) is 13.8. The van der Waals surface area contributed by atoms with E-state index in [0.717, 1.165) is 18.9 Å².